The van der Waals surface area contributed by atoms with Gasteiger partial charge in [-0.1, -0.05) is 32.9 Å². The standard InChI is InChI=1S/C23H28N2O4/c1-22(2,3)15-6-8-16(9-7-15)24-20(26)23(12-13-23)21(27)25-18-11-10-17(28-4)14-19(18)29-5/h6-11,14H,12-13H2,1-5H3,(H,24,26)(H,25,27). The Hall–Kier alpha value is -3.02. The number of carbonyl (C=O) groups excluding carboxylic acids is 2. The molecule has 1 fully saturated rings. The average Bonchev–Trinajstić information content (AvgIpc) is 3.50. The first-order valence-electron chi connectivity index (χ1n) is 9.65. The van der Waals surface area contributed by atoms with Crippen LogP contribution in [0.5, 0.6) is 11.5 Å². The summed E-state index contributed by atoms with van der Waals surface area (Å²) >= 11 is 0. The van der Waals surface area contributed by atoms with Gasteiger partial charge in [-0.25, -0.2) is 0 Å². The van der Waals surface area contributed by atoms with Gasteiger partial charge in [0.05, 0.1) is 19.9 Å². The first-order chi connectivity index (χ1) is 13.7. The van der Waals surface area contributed by atoms with Crippen LogP contribution < -0.4 is 20.1 Å². The van der Waals surface area contributed by atoms with Crippen LogP contribution >= 0.6 is 0 Å². The Morgan fingerprint density at radius 1 is 0.897 bits per heavy atom. The van der Waals surface area contributed by atoms with E-state index in [0.29, 0.717) is 35.7 Å². The molecule has 2 N–H and O–H groups in total. The van der Waals surface area contributed by atoms with Crippen molar-refractivity contribution >= 4 is 23.2 Å². The highest BCUT2D eigenvalue weighted by atomic mass is 16.5. The average molecular weight is 396 g/mol. The number of rotatable bonds is 6. The van der Waals surface area contributed by atoms with Crippen molar-refractivity contribution in [2.75, 3.05) is 24.9 Å². The summed E-state index contributed by atoms with van der Waals surface area (Å²) in [6.07, 6.45) is 1.03. The third-order valence-electron chi connectivity index (χ3n) is 5.28. The molecule has 0 spiro atoms. The number of hydrogen-bond donors (Lipinski definition) is 2. The molecule has 3 rings (SSSR count). The van der Waals surface area contributed by atoms with Crippen molar-refractivity contribution in [3.63, 3.8) is 0 Å². The smallest absolute Gasteiger partial charge is 0.240 e. The molecular weight excluding hydrogens is 368 g/mol. The summed E-state index contributed by atoms with van der Waals surface area (Å²) in [5, 5.41) is 5.72. The molecule has 2 aromatic rings. The summed E-state index contributed by atoms with van der Waals surface area (Å²) in [6, 6.07) is 12.9. The highest BCUT2D eigenvalue weighted by Gasteiger charge is 2.56. The topological polar surface area (TPSA) is 76.7 Å². The largest absolute Gasteiger partial charge is 0.497 e. The van der Waals surface area contributed by atoms with Crippen LogP contribution in [0.15, 0.2) is 42.5 Å². The van der Waals surface area contributed by atoms with E-state index in [2.05, 4.69) is 31.4 Å². The molecule has 0 aromatic heterocycles. The van der Waals surface area contributed by atoms with E-state index < -0.39 is 5.41 Å². The molecule has 1 aliphatic rings. The van der Waals surface area contributed by atoms with E-state index in [1.807, 2.05) is 24.3 Å². The lowest BCUT2D eigenvalue weighted by Gasteiger charge is -2.20. The number of amides is 2. The minimum absolute atomic E-state index is 0.0392. The van der Waals surface area contributed by atoms with Gasteiger partial charge in [-0.2, -0.15) is 0 Å². The SMILES string of the molecule is COc1ccc(NC(=O)C2(C(=O)Nc3ccc(C(C)(C)C)cc3)CC2)c(OC)c1. The molecule has 1 aliphatic carbocycles. The Morgan fingerprint density at radius 3 is 2.03 bits per heavy atom. The fourth-order valence-electron chi connectivity index (χ4n) is 3.13. The van der Waals surface area contributed by atoms with Crippen molar-refractivity contribution in [2.24, 2.45) is 5.41 Å². The van der Waals surface area contributed by atoms with Gasteiger partial charge >= 0.3 is 0 Å². The number of hydrogen-bond acceptors (Lipinski definition) is 4. The summed E-state index contributed by atoms with van der Waals surface area (Å²) in [5.74, 6) is 0.486. The van der Waals surface area contributed by atoms with Crippen LogP contribution in [0.1, 0.15) is 39.2 Å². The third-order valence-corrected chi connectivity index (χ3v) is 5.28. The second-order valence-electron chi connectivity index (χ2n) is 8.38. The van der Waals surface area contributed by atoms with Gasteiger partial charge in [0, 0.05) is 11.8 Å². The van der Waals surface area contributed by atoms with Crippen LogP contribution in [-0.4, -0.2) is 26.0 Å². The van der Waals surface area contributed by atoms with Gasteiger partial charge in [0.2, 0.25) is 11.8 Å². The van der Waals surface area contributed by atoms with E-state index in [9.17, 15) is 9.59 Å². The summed E-state index contributed by atoms with van der Waals surface area (Å²) in [4.78, 5) is 25.7. The Kier molecular flexibility index (Phi) is 5.55. The zero-order valence-corrected chi connectivity index (χ0v) is 17.6. The molecule has 0 bridgehead atoms. The summed E-state index contributed by atoms with van der Waals surface area (Å²) < 4.78 is 10.5. The molecule has 2 amide bonds. The Balaban J connectivity index is 1.70. The fraction of sp³-hybridized carbons (Fsp3) is 0.391. The van der Waals surface area contributed by atoms with E-state index in [0.717, 1.165) is 0 Å². The quantitative estimate of drug-likeness (QED) is 0.712. The highest BCUT2D eigenvalue weighted by Crippen LogP contribution is 2.48. The van der Waals surface area contributed by atoms with E-state index in [1.165, 1.54) is 12.7 Å². The molecular formula is C23H28N2O4. The van der Waals surface area contributed by atoms with Crippen LogP contribution in [0.25, 0.3) is 0 Å². The van der Waals surface area contributed by atoms with Crippen LogP contribution in [0.4, 0.5) is 11.4 Å². The minimum atomic E-state index is -1.05. The number of anilines is 2. The van der Waals surface area contributed by atoms with E-state index in [1.54, 1.807) is 25.3 Å². The molecule has 29 heavy (non-hydrogen) atoms. The zero-order valence-electron chi connectivity index (χ0n) is 17.6. The molecule has 154 valence electrons. The molecule has 0 atom stereocenters. The second-order valence-corrected chi connectivity index (χ2v) is 8.38. The molecule has 0 heterocycles. The molecule has 6 heteroatoms. The first-order valence-corrected chi connectivity index (χ1v) is 9.65. The van der Waals surface area contributed by atoms with Crippen molar-refractivity contribution in [1.82, 2.24) is 0 Å². The lowest BCUT2D eigenvalue weighted by molar-refractivity contribution is -0.131. The number of ether oxygens (including phenoxy) is 2. The lowest BCUT2D eigenvalue weighted by atomic mass is 9.87. The van der Waals surface area contributed by atoms with Crippen molar-refractivity contribution in [3.8, 4) is 11.5 Å². The van der Waals surface area contributed by atoms with Crippen molar-refractivity contribution in [2.45, 2.75) is 39.0 Å². The minimum Gasteiger partial charge on any atom is -0.497 e. The van der Waals surface area contributed by atoms with Gasteiger partial charge in [-0.15, -0.1) is 0 Å². The number of nitrogens with one attached hydrogen (secondary N) is 2. The van der Waals surface area contributed by atoms with Crippen LogP contribution in [-0.2, 0) is 15.0 Å². The molecule has 0 aliphatic heterocycles. The first kappa shape index (κ1) is 20.7. The maximum atomic E-state index is 12.9. The Bertz CT molecular complexity index is 909. The van der Waals surface area contributed by atoms with Crippen LogP contribution in [0.2, 0.25) is 0 Å². The van der Waals surface area contributed by atoms with Crippen LogP contribution in [0, 0.1) is 5.41 Å². The molecule has 0 radical (unpaired) electrons. The summed E-state index contributed by atoms with van der Waals surface area (Å²) in [7, 11) is 3.08. The van der Waals surface area contributed by atoms with Gasteiger partial charge in [0.25, 0.3) is 0 Å². The predicted molar refractivity (Wildman–Crippen MR) is 114 cm³/mol. The predicted octanol–water partition coefficient (Wildman–Crippen LogP) is 4.36. The summed E-state index contributed by atoms with van der Waals surface area (Å²) in [6.45, 7) is 6.41. The maximum Gasteiger partial charge on any atom is 0.240 e. The van der Waals surface area contributed by atoms with Crippen molar-refractivity contribution in [3.05, 3.63) is 48.0 Å². The molecule has 0 saturated heterocycles. The monoisotopic (exact) mass is 396 g/mol. The van der Waals surface area contributed by atoms with E-state index in [-0.39, 0.29) is 17.2 Å². The maximum absolute atomic E-state index is 12.9. The van der Waals surface area contributed by atoms with Crippen molar-refractivity contribution < 1.29 is 19.1 Å². The van der Waals surface area contributed by atoms with Gasteiger partial charge in [0.1, 0.15) is 16.9 Å². The third kappa shape index (κ3) is 4.36. The molecule has 2 aromatic carbocycles. The Morgan fingerprint density at radius 2 is 1.52 bits per heavy atom. The summed E-state index contributed by atoms with van der Waals surface area (Å²) in [5.41, 5.74) is 1.36. The second kappa shape index (κ2) is 7.78. The number of carbonyl (C=O) groups is 2. The Labute approximate surface area is 171 Å². The van der Waals surface area contributed by atoms with E-state index in [4.69, 9.17) is 9.47 Å². The zero-order chi connectivity index (χ0) is 21.2. The lowest BCUT2D eigenvalue weighted by Crippen LogP contribution is -2.35. The normalized spacial score (nSPS) is 14.7. The van der Waals surface area contributed by atoms with Gasteiger partial charge in [0.15, 0.2) is 0 Å². The van der Waals surface area contributed by atoms with Crippen molar-refractivity contribution in [1.29, 1.82) is 0 Å². The van der Waals surface area contributed by atoms with Crippen LogP contribution in [0.3, 0.4) is 0 Å². The molecule has 6 nitrogen and oxygen atoms in total. The fourth-order valence-corrected chi connectivity index (χ4v) is 3.13. The van der Waals surface area contributed by atoms with Gasteiger partial charge in [-0.3, -0.25) is 9.59 Å². The molecule has 0 unspecified atom stereocenters. The molecule has 1 saturated carbocycles. The van der Waals surface area contributed by atoms with Gasteiger partial charge < -0.3 is 20.1 Å². The van der Waals surface area contributed by atoms with Gasteiger partial charge in [-0.05, 0) is 48.1 Å². The highest BCUT2D eigenvalue weighted by molar-refractivity contribution is 6.17. The van der Waals surface area contributed by atoms with E-state index >= 15 is 0 Å². The number of methoxy groups -OCH3 is 2. The number of benzene rings is 2.